The van der Waals surface area contributed by atoms with Gasteiger partial charge in [0.25, 0.3) is 5.91 Å². The fourth-order valence-electron chi connectivity index (χ4n) is 1.76. The van der Waals surface area contributed by atoms with Crippen molar-refractivity contribution in [3.05, 3.63) is 43.6 Å². The zero-order valence-corrected chi connectivity index (χ0v) is 13.4. The summed E-state index contributed by atoms with van der Waals surface area (Å²) in [4.78, 5) is 12.8. The van der Waals surface area contributed by atoms with Crippen LogP contribution in [-0.2, 0) is 0 Å². The first-order chi connectivity index (χ1) is 8.88. The summed E-state index contributed by atoms with van der Waals surface area (Å²) in [6.45, 7) is 5.87. The van der Waals surface area contributed by atoms with E-state index in [0.717, 1.165) is 26.2 Å². The van der Waals surface area contributed by atoms with E-state index >= 15 is 0 Å². The Balaban J connectivity index is 2.26. The third-order valence-corrected chi connectivity index (χ3v) is 5.08. The number of thiophene rings is 1. The summed E-state index contributed by atoms with van der Waals surface area (Å²) in [7, 11) is 0. The number of anilines is 2. The van der Waals surface area contributed by atoms with Crippen LogP contribution >= 0.6 is 27.3 Å². The lowest BCUT2D eigenvalue weighted by molar-refractivity contribution is 0.103. The number of amides is 1. The molecule has 0 aliphatic carbocycles. The van der Waals surface area contributed by atoms with Gasteiger partial charge in [-0.15, -0.1) is 11.3 Å². The molecule has 19 heavy (non-hydrogen) atoms. The molecular weight excluding hydrogens is 324 g/mol. The second-order valence-electron chi connectivity index (χ2n) is 4.55. The van der Waals surface area contributed by atoms with Crippen molar-refractivity contribution in [2.24, 2.45) is 0 Å². The van der Waals surface area contributed by atoms with Crippen LogP contribution in [0.2, 0.25) is 0 Å². The van der Waals surface area contributed by atoms with Crippen LogP contribution in [0.1, 0.15) is 26.4 Å². The van der Waals surface area contributed by atoms with E-state index in [1.807, 2.05) is 32.9 Å². The highest BCUT2D eigenvalue weighted by molar-refractivity contribution is 9.11. The van der Waals surface area contributed by atoms with Crippen molar-refractivity contribution in [1.82, 2.24) is 0 Å². The third-order valence-electron chi connectivity index (χ3n) is 2.94. The summed E-state index contributed by atoms with van der Waals surface area (Å²) >= 11 is 4.85. The molecule has 0 spiro atoms. The lowest BCUT2D eigenvalue weighted by Crippen LogP contribution is -2.11. The summed E-state index contributed by atoms with van der Waals surface area (Å²) in [5, 5.41) is 2.91. The number of carbonyl (C=O) groups is 1. The molecule has 0 unspecified atom stereocenters. The van der Waals surface area contributed by atoms with Gasteiger partial charge < -0.3 is 11.1 Å². The van der Waals surface area contributed by atoms with Crippen molar-refractivity contribution < 1.29 is 4.79 Å². The second kappa shape index (κ2) is 5.35. The van der Waals surface area contributed by atoms with E-state index in [-0.39, 0.29) is 5.91 Å². The van der Waals surface area contributed by atoms with E-state index in [1.165, 1.54) is 11.3 Å². The molecule has 1 aromatic heterocycles. The van der Waals surface area contributed by atoms with E-state index < -0.39 is 0 Å². The van der Waals surface area contributed by atoms with E-state index in [0.29, 0.717) is 10.6 Å². The van der Waals surface area contributed by atoms with E-state index in [4.69, 9.17) is 5.73 Å². The minimum absolute atomic E-state index is 0.106. The Bertz CT molecular complexity index is 630. The minimum Gasteiger partial charge on any atom is -0.398 e. The largest absolute Gasteiger partial charge is 0.398 e. The van der Waals surface area contributed by atoms with Crippen LogP contribution in [-0.4, -0.2) is 5.91 Å². The first-order valence-corrected chi connectivity index (χ1v) is 7.43. The van der Waals surface area contributed by atoms with Gasteiger partial charge in [-0.3, -0.25) is 4.79 Å². The topological polar surface area (TPSA) is 55.1 Å². The van der Waals surface area contributed by atoms with E-state index in [9.17, 15) is 4.79 Å². The van der Waals surface area contributed by atoms with Crippen molar-refractivity contribution in [1.29, 1.82) is 0 Å². The predicted molar refractivity (Wildman–Crippen MR) is 85.0 cm³/mol. The van der Waals surface area contributed by atoms with Gasteiger partial charge in [0.2, 0.25) is 0 Å². The average Bonchev–Trinajstić information content (AvgIpc) is 2.67. The zero-order valence-electron chi connectivity index (χ0n) is 11.0. The molecule has 1 amide bonds. The molecular formula is C14H15BrN2OS. The van der Waals surface area contributed by atoms with Crippen LogP contribution < -0.4 is 11.1 Å². The fraction of sp³-hybridized carbons (Fsp3) is 0.214. The van der Waals surface area contributed by atoms with Crippen LogP contribution in [0.4, 0.5) is 11.4 Å². The molecule has 100 valence electrons. The highest BCUT2D eigenvalue weighted by atomic mass is 79.9. The molecule has 0 saturated carbocycles. The molecule has 0 aliphatic heterocycles. The number of aryl methyl sites for hydroxylation is 3. The van der Waals surface area contributed by atoms with Crippen LogP contribution in [0.3, 0.4) is 0 Å². The molecule has 3 N–H and O–H groups in total. The van der Waals surface area contributed by atoms with Crippen LogP contribution in [0.15, 0.2) is 22.0 Å². The van der Waals surface area contributed by atoms with Gasteiger partial charge in [0, 0.05) is 11.4 Å². The Hall–Kier alpha value is -1.33. The number of carbonyl (C=O) groups excluding carboxylic acids is 1. The third kappa shape index (κ3) is 2.98. The van der Waals surface area contributed by atoms with Crippen LogP contribution in [0, 0.1) is 20.8 Å². The number of rotatable bonds is 2. The number of hydrogen-bond donors (Lipinski definition) is 2. The Morgan fingerprint density at radius 2 is 1.84 bits per heavy atom. The first-order valence-electron chi connectivity index (χ1n) is 5.82. The monoisotopic (exact) mass is 338 g/mol. The van der Waals surface area contributed by atoms with Gasteiger partial charge in [-0.05, 0) is 65.5 Å². The summed E-state index contributed by atoms with van der Waals surface area (Å²) in [5.41, 5.74) is 10.4. The molecule has 0 bridgehead atoms. The highest BCUT2D eigenvalue weighted by Crippen LogP contribution is 2.29. The van der Waals surface area contributed by atoms with Crippen molar-refractivity contribution in [3.63, 3.8) is 0 Å². The van der Waals surface area contributed by atoms with Crippen molar-refractivity contribution in [2.75, 3.05) is 11.1 Å². The Labute approximate surface area is 125 Å². The standard InChI is InChI=1S/C14H15BrN2OS/c1-7-4-8(2)11(6-10(7)16)17-14(18)12-5-9(3)13(15)19-12/h4-6H,16H2,1-3H3,(H,17,18). The van der Waals surface area contributed by atoms with Crippen molar-refractivity contribution in [2.45, 2.75) is 20.8 Å². The number of hydrogen-bond acceptors (Lipinski definition) is 3. The zero-order chi connectivity index (χ0) is 14.2. The van der Waals surface area contributed by atoms with Gasteiger partial charge >= 0.3 is 0 Å². The van der Waals surface area contributed by atoms with Crippen LogP contribution in [0.5, 0.6) is 0 Å². The molecule has 0 atom stereocenters. The maximum atomic E-state index is 12.2. The van der Waals surface area contributed by atoms with Gasteiger partial charge in [-0.25, -0.2) is 0 Å². The van der Waals surface area contributed by atoms with E-state index in [2.05, 4.69) is 21.2 Å². The molecule has 2 rings (SSSR count). The Kier molecular flexibility index (Phi) is 3.96. The van der Waals surface area contributed by atoms with Gasteiger partial charge in [0.05, 0.1) is 8.66 Å². The number of benzene rings is 1. The van der Waals surface area contributed by atoms with Gasteiger partial charge in [0.1, 0.15) is 0 Å². The molecule has 1 heterocycles. The number of nitrogens with two attached hydrogens (primary N) is 1. The summed E-state index contributed by atoms with van der Waals surface area (Å²) in [5.74, 6) is -0.106. The molecule has 3 nitrogen and oxygen atoms in total. The molecule has 1 aromatic carbocycles. The molecule has 0 fully saturated rings. The molecule has 0 radical (unpaired) electrons. The van der Waals surface area contributed by atoms with Gasteiger partial charge in [-0.1, -0.05) is 6.07 Å². The number of nitrogen functional groups attached to an aromatic ring is 1. The average molecular weight is 339 g/mol. The summed E-state index contributed by atoms with van der Waals surface area (Å²) in [6.07, 6.45) is 0. The maximum absolute atomic E-state index is 12.2. The molecule has 5 heteroatoms. The van der Waals surface area contributed by atoms with Crippen molar-refractivity contribution >= 4 is 44.5 Å². The SMILES string of the molecule is Cc1cc(C)c(NC(=O)c2cc(C)c(Br)s2)cc1N. The van der Waals surface area contributed by atoms with Crippen molar-refractivity contribution in [3.8, 4) is 0 Å². The van der Waals surface area contributed by atoms with Gasteiger partial charge in [0.15, 0.2) is 0 Å². The lowest BCUT2D eigenvalue weighted by atomic mass is 10.1. The second-order valence-corrected chi connectivity index (χ2v) is 6.92. The minimum atomic E-state index is -0.106. The smallest absolute Gasteiger partial charge is 0.265 e. The van der Waals surface area contributed by atoms with E-state index in [1.54, 1.807) is 6.07 Å². The Morgan fingerprint density at radius 3 is 2.42 bits per heavy atom. The molecule has 0 aliphatic rings. The quantitative estimate of drug-likeness (QED) is 0.803. The molecule has 2 aromatic rings. The summed E-state index contributed by atoms with van der Waals surface area (Å²) in [6, 6.07) is 5.65. The highest BCUT2D eigenvalue weighted by Gasteiger charge is 2.13. The number of nitrogens with one attached hydrogen (secondary N) is 1. The predicted octanol–water partition coefficient (Wildman–Crippen LogP) is 4.27. The summed E-state index contributed by atoms with van der Waals surface area (Å²) < 4.78 is 0.984. The number of halogens is 1. The fourth-order valence-corrected chi connectivity index (χ4v) is 3.19. The van der Waals surface area contributed by atoms with Crippen LogP contribution in [0.25, 0.3) is 0 Å². The normalized spacial score (nSPS) is 10.5. The lowest BCUT2D eigenvalue weighted by Gasteiger charge is -2.10. The first kappa shape index (κ1) is 14.1. The van der Waals surface area contributed by atoms with Gasteiger partial charge in [-0.2, -0.15) is 0 Å². The maximum Gasteiger partial charge on any atom is 0.265 e. The molecule has 0 saturated heterocycles. The Morgan fingerprint density at radius 1 is 1.16 bits per heavy atom.